The second-order valence-corrected chi connectivity index (χ2v) is 4.38. The monoisotopic (exact) mass is 226 g/mol. The average molecular weight is 226 g/mol. The minimum absolute atomic E-state index is 0.0860. The van der Waals surface area contributed by atoms with Crippen LogP contribution in [-0.4, -0.2) is 4.57 Å². The smallest absolute Gasteiger partial charge is 0.255 e. The van der Waals surface area contributed by atoms with Crippen LogP contribution in [0.5, 0.6) is 0 Å². The lowest BCUT2D eigenvalue weighted by atomic mass is 10.0. The van der Waals surface area contributed by atoms with Crippen LogP contribution in [0.4, 0.5) is 0 Å². The van der Waals surface area contributed by atoms with Gasteiger partial charge < -0.3 is 4.57 Å². The molecule has 86 valence electrons. The van der Waals surface area contributed by atoms with Gasteiger partial charge in [0.25, 0.3) is 5.56 Å². The van der Waals surface area contributed by atoms with E-state index < -0.39 is 0 Å². The van der Waals surface area contributed by atoms with Crippen LogP contribution in [0.3, 0.4) is 0 Å². The largest absolute Gasteiger partial charge is 0.311 e. The number of benzene rings is 1. The second kappa shape index (κ2) is 4.06. The Bertz CT molecular complexity index is 677. The number of hydrogen-bond acceptors (Lipinski definition) is 2. The summed E-state index contributed by atoms with van der Waals surface area (Å²) >= 11 is 0. The standard InChI is InChI=1S/C14H14N2O/c1-9-4-5-11-7-12(10(2)8-15)14(17)16(3)13(11)6-9/h4-7,10H,1-3H3. The fourth-order valence-electron chi connectivity index (χ4n) is 1.98. The van der Waals surface area contributed by atoms with Crippen molar-refractivity contribution < 1.29 is 0 Å². The molecule has 1 aromatic carbocycles. The molecule has 17 heavy (non-hydrogen) atoms. The van der Waals surface area contributed by atoms with Gasteiger partial charge in [-0.15, -0.1) is 0 Å². The van der Waals surface area contributed by atoms with Gasteiger partial charge in [-0.3, -0.25) is 4.79 Å². The molecule has 0 radical (unpaired) electrons. The summed E-state index contributed by atoms with van der Waals surface area (Å²) in [7, 11) is 1.75. The number of aromatic nitrogens is 1. The van der Waals surface area contributed by atoms with E-state index in [2.05, 4.69) is 6.07 Å². The van der Waals surface area contributed by atoms with Crippen LogP contribution < -0.4 is 5.56 Å². The van der Waals surface area contributed by atoms with E-state index in [1.54, 1.807) is 18.5 Å². The quantitative estimate of drug-likeness (QED) is 0.749. The fourth-order valence-corrected chi connectivity index (χ4v) is 1.98. The maximum atomic E-state index is 12.1. The molecule has 2 rings (SSSR count). The van der Waals surface area contributed by atoms with Crippen molar-refractivity contribution in [2.45, 2.75) is 19.8 Å². The van der Waals surface area contributed by atoms with Crippen LogP contribution in [0, 0.1) is 18.3 Å². The highest BCUT2D eigenvalue weighted by Crippen LogP contribution is 2.18. The number of pyridine rings is 1. The van der Waals surface area contributed by atoms with Crippen molar-refractivity contribution in [3.8, 4) is 6.07 Å². The van der Waals surface area contributed by atoms with Gasteiger partial charge in [-0.25, -0.2) is 0 Å². The van der Waals surface area contributed by atoms with E-state index in [-0.39, 0.29) is 11.5 Å². The first-order chi connectivity index (χ1) is 8.04. The molecule has 0 amide bonds. The van der Waals surface area contributed by atoms with Crippen LogP contribution in [-0.2, 0) is 7.05 Å². The Balaban J connectivity index is 2.85. The average Bonchev–Trinajstić information content (AvgIpc) is 2.33. The first-order valence-electron chi connectivity index (χ1n) is 5.54. The first kappa shape index (κ1) is 11.4. The Labute approximate surface area is 99.9 Å². The van der Waals surface area contributed by atoms with Crippen molar-refractivity contribution in [1.82, 2.24) is 4.57 Å². The number of rotatable bonds is 1. The molecule has 0 bridgehead atoms. The number of hydrogen-bond donors (Lipinski definition) is 0. The van der Waals surface area contributed by atoms with E-state index >= 15 is 0 Å². The van der Waals surface area contributed by atoms with Gasteiger partial charge in [0.15, 0.2) is 0 Å². The minimum atomic E-state index is -0.376. The van der Waals surface area contributed by atoms with Crippen LogP contribution in [0.25, 0.3) is 10.9 Å². The zero-order chi connectivity index (χ0) is 12.6. The zero-order valence-corrected chi connectivity index (χ0v) is 10.2. The van der Waals surface area contributed by atoms with Crippen LogP contribution >= 0.6 is 0 Å². The van der Waals surface area contributed by atoms with Crippen molar-refractivity contribution in [2.24, 2.45) is 7.05 Å². The van der Waals surface area contributed by atoms with Crippen molar-refractivity contribution in [2.75, 3.05) is 0 Å². The first-order valence-corrected chi connectivity index (χ1v) is 5.54. The second-order valence-electron chi connectivity index (χ2n) is 4.38. The van der Waals surface area contributed by atoms with Crippen molar-refractivity contribution in [1.29, 1.82) is 5.26 Å². The fraction of sp³-hybridized carbons (Fsp3) is 0.286. The molecule has 3 nitrogen and oxygen atoms in total. The molecule has 1 atom stereocenters. The normalized spacial score (nSPS) is 12.4. The zero-order valence-electron chi connectivity index (χ0n) is 10.2. The predicted octanol–water partition coefficient (Wildman–Crippen LogP) is 2.47. The van der Waals surface area contributed by atoms with Gasteiger partial charge in [0, 0.05) is 12.6 Å². The number of nitrogens with zero attached hydrogens (tertiary/aromatic N) is 2. The third-order valence-corrected chi connectivity index (χ3v) is 3.07. The summed E-state index contributed by atoms with van der Waals surface area (Å²) in [5, 5.41) is 9.92. The summed E-state index contributed by atoms with van der Waals surface area (Å²) in [5.74, 6) is -0.376. The molecule has 3 heteroatoms. The molecule has 0 saturated carbocycles. The maximum Gasteiger partial charge on any atom is 0.255 e. The van der Waals surface area contributed by atoms with E-state index in [4.69, 9.17) is 5.26 Å². The summed E-state index contributed by atoms with van der Waals surface area (Å²) in [6.07, 6.45) is 0. The topological polar surface area (TPSA) is 45.8 Å². The van der Waals surface area contributed by atoms with Crippen molar-refractivity contribution in [3.63, 3.8) is 0 Å². The Morgan fingerprint density at radius 2 is 2.06 bits per heavy atom. The summed E-state index contributed by atoms with van der Waals surface area (Å²) in [6.45, 7) is 3.74. The summed E-state index contributed by atoms with van der Waals surface area (Å²) in [4.78, 5) is 12.1. The van der Waals surface area contributed by atoms with Crippen LogP contribution in [0.15, 0.2) is 29.1 Å². The highest BCUT2D eigenvalue weighted by Gasteiger charge is 2.12. The molecule has 2 aromatic rings. The van der Waals surface area contributed by atoms with E-state index in [1.807, 2.05) is 31.2 Å². The molecule has 1 unspecified atom stereocenters. The molecule has 1 heterocycles. The molecule has 0 spiro atoms. The summed E-state index contributed by atoms with van der Waals surface area (Å²) in [6, 6.07) is 9.91. The molecular formula is C14H14N2O. The van der Waals surface area contributed by atoms with Gasteiger partial charge in [0.05, 0.1) is 17.5 Å². The number of fused-ring (bicyclic) bond motifs is 1. The van der Waals surface area contributed by atoms with Crippen molar-refractivity contribution in [3.05, 3.63) is 45.7 Å². The molecule has 0 fully saturated rings. The highest BCUT2D eigenvalue weighted by atomic mass is 16.1. The summed E-state index contributed by atoms with van der Waals surface area (Å²) in [5.41, 5.74) is 2.50. The Morgan fingerprint density at radius 3 is 2.71 bits per heavy atom. The molecular weight excluding hydrogens is 212 g/mol. The lowest BCUT2D eigenvalue weighted by Crippen LogP contribution is -2.22. The minimum Gasteiger partial charge on any atom is -0.311 e. The highest BCUT2D eigenvalue weighted by molar-refractivity contribution is 5.80. The van der Waals surface area contributed by atoms with Gasteiger partial charge in [0.2, 0.25) is 0 Å². The van der Waals surface area contributed by atoms with Gasteiger partial charge in [-0.2, -0.15) is 5.26 Å². The van der Waals surface area contributed by atoms with E-state index in [0.29, 0.717) is 5.56 Å². The van der Waals surface area contributed by atoms with Crippen molar-refractivity contribution >= 4 is 10.9 Å². The molecule has 0 aliphatic rings. The molecule has 0 saturated heterocycles. The van der Waals surface area contributed by atoms with Gasteiger partial charge in [0.1, 0.15) is 0 Å². The summed E-state index contributed by atoms with van der Waals surface area (Å²) < 4.78 is 1.62. The van der Waals surface area contributed by atoms with E-state index in [9.17, 15) is 4.79 Å². The third kappa shape index (κ3) is 1.83. The number of nitriles is 1. The Kier molecular flexibility index (Phi) is 2.72. The number of aryl methyl sites for hydroxylation is 2. The van der Waals surface area contributed by atoms with Crippen LogP contribution in [0.2, 0.25) is 0 Å². The lowest BCUT2D eigenvalue weighted by molar-refractivity contribution is 0.850. The Morgan fingerprint density at radius 1 is 1.35 bits per heavy atom. The Hall–Kier alpha value is -2.08. The SMILES string of the molecule is Cc1ccc2cc(C(C)C#N)c(=O)n(C)c2c1. The van der Waals surface area contributed by atoms with Gasteiger partial charge in [-0.05, 0) is 36.9 Å². The maximum absolute atomic E-state index is 12.1. The molecule has 0 aliphatic heterocycles. The molecule has 0 N–H and O–H groups in total. The predicted molar refractivity (Wildman–Crippen MR) is 68.0 cm³/mol. The third-order valence-electron chi connectivity index (χ3n) is 3.07. The van der Waals surface area contributed by atoms with E-state index in [0.717, 1.165) is 16.5 Å². The van der Waals surface area contributed by atoms with Crippen LogP contribution in [0.1, 0.15) is 24.0 Å². The molecule has 0 aliphatic carbocycles. The lowest BCUT2D eigenvalue weighted by Gasteiger charge is -2.10. The van der Waals surface area contributed by atoms with Gasteiger partial charge in [-0.1, -0.05) is 12.1 Å². The molecule has 1 aromatic heterocycles. The van der Waals surface area contributed by atoms with E-state index in [1.165, 1.54) is 0 Å². The van der Waals surface area contributed by atoms with Gasteiger partial charge >= 0.3 is 0 Å².